The topological polar surface area (TPSA) is 115 Å². The second-order valence-corrected chi connectivity index (χ2v) is 9.11. The van der Waals surface area contributed by atoms with Gasteiger partial charge >= 0.3 is 0 Å². The van der Waals surface area contributed by atoms with Crippen molar-refractivity contribution in [1.82, 2.24) is 14.5 Å². The van der Waals surface area contributed by atoms with Gasteiger partial charge in [-0.2, -0.15) is 4.31 Å². The molecule has 4 rings (SSSR count). The normalized spacial score (nSPS) is 22.5. The molecule has 0 spiro atoms. The Labute approximate surface area is 156 Å². The van der Waals surface area contributed by atoms with E-state index in [0.29, 0.717) is 17.1 Å². The van der Waals surface area contributed by atoms with E-state index in [1.54, 1.807) is 32.9 Å². The summed E-state index contributed by atoms with van der Waals surface area (Å²) in [5, 5.41) is 10.5. The number of amides is 1. The molecule has 2 aliphatic heterocycles. The molecule has 1 atom stereocenters. The van der Waals surface area contributed by atoms with Crippen LogP contribution in [0.5, 0.6) is 0 Å². The highest BCUT2D eigenvalue weighted by Gasteiger charge is 2.40. The number of carbonyl (C=O) groups is 1. The third-order valence-electron chi connectivity index (χ3n) is 4.96. The summed E-state index contributed by atoms with van der Waals surface area (Å²) in [6.07, 6.45) is -0.608. The SMILES string of the molecule is Cc1nnc(C2CN(S(=O)(=O)c3ccc4c(c3)C(C)(C)C(=O)N4)CCO2)o1. The number of fused-ring (bicyclic) bond motifs is 1. The minimum absolute atomic E-state index is 0.0849. The molecule has 9 nitrogen and oxygen atoms in total. The minimum atomic E-state index is -3.76. The first-order chi connectivity index (χ1) is 12.7. The van der Waals surface area contributed by atoms with Gasteiger partial charge in [-0.25, -0.2) is 8.42 Å². The molecule has 2 aliphatic rings. The zero-order valence-corrected chi connectivity index (χ0v) is 16.0. The number of anilines is 1. The van der Waals surface area contributed by atoms with Crippen molar-refractivity contribution in [2.45, 2.75) is 37.2 Å². The molecule has 3 heterocycles. The highest BCUT2D eigenvalue weighted by molar-refractivity contribution is 7.89. The number of hydrogen-bond acceptors (Lipinski definition) is 7. The van der Waals surface area contributed by atoms with E-state index in [2.05, 4.69) is 15.5 Å². The predicted octanol–water partition coefficient (Wildman–Crippen LogP) is 1.37. The first kappa shape index (κ1) is 18.1. The Hall–Kier alpha value is -2.30. The number of morpholine rings is 1. The standard InChI is InChI=1S/C17H20N4O5S/c1-10-19-20-15(26-10)14-9-21(6-7-25-14)27(23,24)11-4-5-13-12(8-11)17(2,3)16(22)18-13/h4-5,8,14H,6-7,9H2,1-3H3,(H,18,22). The van der Waals surface area contributed by atoms with Crippen LogP contribution in [0.1, 0.15) is 37.3 Å². The number of benzene rings is 1. The molecule has 1 N–H and O–H groups in total. The van der Waals surface area contributed by atoms with Crippen LogP contribution >= 0.6 is 0 Å². The van der Waals surface area contributed by atoms with Crippen molar-refractivity contribution >= 4 is 21.6 Å². The van der Waals surface area contributed by atoms with Gasteiger partial charge in [0.15, 0.2) is 0 Å². The summed E-state index contributed by atoms with van der Waals surface area (Å²) in [6, 6.07) is 4.72. The van der Waals surface area contributed by atoms with Gasteiger partial charge in [-0.1, -0.05) is 0 Å². The van der Waals surface area contributed by atoms with E-state index in [9.17, 15) is 13.2 Å². The largest absolute Gasteiger partial charge is 0.423 e. The second kappa shape index (κ2) is 6.11. The van der Waals surface area contributed by atoms with Gasteiger partial charge in [-0.3, -0.25) is 4.79 Å². The smallest absolute Gasteiger partial charge is 0.246 e. The van der Waals surface area contributed by atoms with Gasteiger partial charge in [-0.15, -0.1) is 10.2 Å². The van der Waals surface area contributed by atoms with Crippen LogP contribution in [-0.4, -0.2) is 48.5 Å². The molecule has 10 heteroatoms. The van der Waals surface area contributed by atoms with Crippen LogP contribution in [0.3, 0.4) is 0 Å². The highest BCUT2D eigenvalue weighted by atomic mass is 32.2. The summed E-state index contributed by atoms with van der Waals surface area (Å²) < 4.78 is 38.6. The summed E-state index contributed by atoms with van der Waals surface area (Å²) in [4.78, 5) is 12.3. The molecule has 2 aromatic rings. The number of aromatic nitrogens is 2. The summed E-state index contributed by atoms with van der Waals surface area (Å²) >= 11 is 0. The molecule has 144 valence electrons. The van der Waals surface area contributed by atoms with Gasteiger partial charge in [0.1, 0.15) is 6.10 Å². The molecular weight excluding hydrogens is 372 g/mol. The lowest BCUT2D eigenvalue weighted by Gasteiger charge is -2.30. The van der Waals surface area contributed by atoms with Gasteiger partial charge in [0.2, 0.25) is 27.7 Å². The van der Waals surface area contributed by atoms with Crippen LogP contribution < -0.4 is 5.32 Å². The Morgan fingerprint density at radius 1 is 1.30 bits per heavy atom. The van der Waals surface area contributed by atoms with Crippen LogP contribution in [0.15, 0.2) is 27.5 Å². The van der Waals surface area contributed by atoms with Crippen LogP contribution in [0, 0.1) is 6.92 Å². The predicted molar refractivity (Wildman–Crippen MR) is 94.6 cm³/mol. The number of aryl methyl sites for hydroxylation is 1. The number of sulfonamides is 1. The van der Waals surface area contributed by atoms with Gasteiger partial charge in [0.25, 0.3) is 0 Å². The molecule has 27 heavy (non-hydrogen) atoms. The van der Waals surface area contributed by atoms with E-state index in [0.717, 1.165) is 0 Å². The first-order valence-electron chi connectivity index (χ1n) is 8.57. The molecule has 1 aromatic heterocycles. The third-order valence-corrected chi connectivity index (χ3v) is 6.83. The van der Waals surface area contributed by atoms with Crippen LogP contribution in [0.25, 0.3) is 0 Å². The molecule has 1 amide bonds. The maximum absolute atomic E-state index is 13.2. The number of carbonyl (C=O) groups excluding carboxylic acids is 1. The van der Waals surface area contributed by atoms with Crippen molar-refractivity contribution in [3.8, 4) is 0 Å². The molecule has 0 radical (unpaired) electrons. The molecule has 1 fully saturated rings. The fourth-order valence-electron chi connectivity index (χ4n) is 3.30. The van der Waals surface area contributed by atoms with Crippen LogP contribution in [0.4, 0.5) is 5.69 Å². The fourth-order valence-corrected chi connectivity index (χ4v) is 4.75. The lowest BCUT2D eigenvalue weighted by atomic mass is 9.86. The number of hydrogen-bond donors (Lipinski definition) is 1. The van der Waals surface area contributed by atoms with E-state index in [4.69, 9.17) is 9.15 Å². The molecule has 0 bridgehead atoms. The van der Waals surface area contributed by atoms with Gasteiger partial charge in [0.05, 0.1) is 16.9 Å². The van der Waals surface area contributed by atoms with Crippen molar-refractivity contribution < 1.29 is 22.4 Å². The monoisotopic (exact) mass is 392 g/mol. The van der Waals surface area contributed by atoms with Crippen molar-refractivity contribution in [2.75, 3.05) is 25.0 Å². The maximum atomic E-state index is 13.2. The first-order valence-corrected chi connectivity index (χ1v) is 10.0. The van der Waals surface area contributed by atoms with E-state index in [1.807, 2.05) is 0 Å². The minimum Gasteiger partial charge on any atom is -0.423 e. The molecule has 1 saturated heterocycles. The van der Waals surface area contributed by atoms with Crippen molar-refractivity contribution in [3.05, 3.63) is 35.5 Å². The van der Waals surface area contributed by atoms with Gasteiger partial charge < -0.3 is 14.5 Å². The summed E-state index contributed by atoms with van der Waals surface area (Å²) in [5.74, 6) is 0.508. The summed E-state index contributed by atoms with van der Waals surface area (Å²) in [7, 11) is -3.76. The summed E-state index contributed by atoms with van der Waals surface area (Å²) in [5.41, 5.74) is 0.534. The Morgan fingerprint density at radius 2 is 2.07 bits per heavy atom. The van der Waals surface area contributed by atoms with Gasteiger partial charge in [0, 0.05) is 25.7 Å². The number of nitrogens with one attached hydrogen (secondary N) is 1. The zero-order chi connectivity index (χ0) is 19.4. The Kier molecular flexibility index (Phi) is 4.09. The van der Waals surface area contributed by atoms with Crippen molar-refractivity contribution in [2.24, 2.45) is 0 Å². The molecule has 0 saturated carbocycles. The maximum Gasteiger partial charge on any atom is 0.246 e. The Morgan fingerprint density at radius 3 is 2.78 bits per heavy atom. The van der Waals surface area contributed by atoms with Crippen molar-refractivity contribution in [3.63, 3.8) is 0 Å². The Balaban J connectivity index is 1.64. The second-order valence-electron chi connectivity index (χ2n) is 7.17. The number of nitrogens with zero attached hydrogens (tertiary/aromatic N) is 3. The molecule has 0 aliphatic carbocycles. The number of ether oxygens (including phenoxy) is 1. The lowest BCUT2D eigenvalue weighted by molar-refractivity contribution is -0.119. The molecule has 1 unspecified atom stereocenters. The van der Waals surface area contributed by atoms with E-state index in [1.165, 1.54) is 10.4 Å². The highest BCUT2D eigenvalue weighted by Crippen LogP contribution is 2.39. The Bertz CT molecular complexity index is 1010. The van der Waals surface area contributed by atoms with Crippen molar-refractivity contribution in [1.29, 1.82) is 0 Å². The van der Waals surface area contributed by atoms with E-state index < -0.39 is 21.5 Å². The quantitative estimate of drug-likeness (QED) is 0.839. The van der Waals surface area contributed by atoms with E-state index in [-0.39, 0.29) is 36.4 Å². The molecular formula is C17H20N4O5S. The zero-order valence-electron chi connectivity index (χ0n) is 15.2. The van der Waals surface area contributed by atoms with E-state index >= 15 is 0 Å². The lowest BCUT2D eigenvalue weighted by Crippen LogP contribution is -2.42. The fraction of sp³-hybridized carbons (Fsp3) is 0.471. The van der Waals surface area contributed by atoms with Crippen LogP contribution in [-0.2, 0) is 25.0 Å². The third kappa shape index (κ3) is 2.93. The van der Waals surface area contributed by atoms with Gasteiger partial charge in [-0.05, 0) is 37.6 Å². The molecule has 1 aromatic carbocycles. The average molecular weight is 392 g/mol. The average Bonchev–Trinajstić information content (AvgIpc) is 3.16. The van der Waals surface area contributed by atoms with Crippen LogP contribution in [0.2, 0.25) is 0 Å². The number of rotatable bonds is 3. The summed E-state index contributed by atoms with van der Waals surface area (Å²) in [6.45, 7) is 5.74.